The normalized spacial score (nSPS) is 15.8. The molecule has 1 aliphatic rings. The number of rotatable bonds is 3. The van der Waals surface area contributed by atoms with Crippen molar-refractivity contribution in [1.29, 1.82) is 5.26 Å². The molecule has 1 heterocycles. The fourth-order valence-corrected chi connectivity index (χ4v) is 3.23. The summed E-state index contributed by atoms with van der Waals surface area (Å²) < 4.78 is 38.2. The molecule has 1 fully saturated rings. The Kier molecular flexibility index (Phi) is 5.76. The first-order chi connectivity index (χ1) is 13.7. The van der Waals surface area contributed by atoms with Crippen LogP contribution in [0, 0.1) is 11.3 Å². The number of carbonyl (C=O) groups is 2. The molecule has 0 spiro atoms. The molecule has 0 aromatic heterocycles. The highest BCUT2D eigenvalue weighted by molar-refractivity contribution is 6.30. The predicted octanol–water partition coefficient (Wildman–Crippen LogP) is 5.26. The minimum Gasteiger partial charge on any atom is -0.311 e. The van der Waals surface area contributed by atoms with E-state index in [4.69, 9.17) is 11.6 Å². The highest BCUT2D eigenvalue weighted by atomic mass is 35.5. The number of hydrogen-bond acceptors (Lipinski definition) is 3. The van der Waals surface area contributed by atoms with Gasteiger partial charge >= 0.3 is 6.18 Å². The number of likely N-dealkylation sites (tertiary alicyclic amines) is 1. The number of nitrogens with zero attached hydrogens (tertiary/aromatic N) is 2. The van der Waals surface area contributed by atoms with Crippen molar-refractivity contribution in [2.24, 2.45) is 0 Å². The summed E-state index contributed by atoms with van der Waals surface area (Å²) >= 11 is 5.83. The fraction of sp³-hybridized carbons (Fsp3) is 0.190. The number of benzene rings is 2. The van der Waals surface area contributed by atoms with Gasteiger partial charge in [-0.05, 0) is 49.2 Å². The van der Waals surface area contributed by atoms with Crippen molar-refractivity contribution in [2.75, 3.05) is 6.54 Å². The van der Waals surface area contributed by atoms with Crippen molar-refractivity contribution in [1.82, 2.24) is 4.90 Å². The van der Waals surface area contributed by atoms with E-state index in [-0.39, 0.29) is 22.7 Å². The van der Waals surface area contributed by atoms with Crippen LogP contribution in [0.3, 0.4) is 0 Å². The van der Waals surface area contributed by atoms with Gasteiger partial charge < -0.3 is 4.90 Å². The molecule has 3 rings (SSSR count). The predicted molar refractivity (Wildman–Crippen MR) is 100 cm³/mol. The zero-order chi connectivity index (χ0) is 21.2. The Labute approximate surface area is 169 Å². The summed E-state index contributed by atoms with van der Waals surface area (Å²) in [6, 6.07) is 11.7. The van der Waals surface area contributed by atoms with Gasteiger partial charge in [-0.15, -0.1) is 0 Å². The van der Waals surface area contributed by atoms with Crippen LogP contribution >= 0.6 is 11.6 Å². The van der Waals surface area contributed by atoms with Gasteiger partial charge in [0.1, 0.15) is 11.6 Å². The molecule has 29 heavy (non-hydrogen) atoms. The van der Waals surface area contributed by atoms with Gasteiger partial charge in [-0.3, -0.25) is 9.59 Å². The molecule has 0 aliphatic carbocycles. The lowest BCUT2D eigenvalue weighted by molar-refractivity contribution is -0.137. The van der Waals surface area contributed by atoms with E-state index in [9.17, 15) is 28.0 Å². The molecule has 0 radical (unpaired) electrons. The zero-order valence-corrected chi connectivity index (χ0v) is 15.7. The quantitative estimate of drug-likeness (QED) is 0.388. The molecule has 0 N–H and O–H groups in total. The first-order valence-electron chi connectivity index (χ1n) is 8.65. The fourth-order valence-electron chi connectivity index (χ4n) is 3.11. The van der Waals surface area contributed by atoms with Crippen molar-refractivity contribution in [2.45, 2.75) is 19.0 Å². The Bertz CT molecular complexity index is 1020. The van der Waals surface area contributed by atoms with E-state index in [1.54, 1.807) is 24.3 Å². The molecule has 8 heteroatoms. The second-order valence-corrected chi connectivity index (χ2v) is 6.84. The number of amides is 1. The molecule has 1 saturated heterocycles. The summed E-state index contributed by atoms with van der Waals surface area (Å²) in [6.07, 6.45) is -3.61. The second-order valence-electron chi connectivity index (χ2n) is 6.40. The summed E-state index contributed by atoms with van der Waals surface area (Å²) in [5.74, 6) is -1.09. The van der Waals surface area contributed by atoms with Gasteiger partial charge in [0, 0.05) is 28.4 Å². The number of nitriles is 1. The average molecular weight is 419 g/mol. The minimum atomic E-state index is -4.52. The van der Waals surface area contributed by atoms with Crippen LogP contribution in [0.25, 0.3) is 0 Å². The van der Waals surface area contributed by atoms with Crippen LogP contribution in [-0.2, 0) is 6.18 Å². The molecule has 1 aliphatic heterocycles. The van der Waals surface area contributed by atoms with E-state index in [1.165, 1.54) is 4.90 Å². The lowest BCUT2D eigenvalue weighted by Crippen LogP contribution is -2.28. The first kappa shape index (κ1) is 20.6. The molecule has 2 aromatic rings. The number of Topliss-reactive ketones (excluding diaryl/α,β-unsaturated/α-hetero) is 1. The van der Waals surface area contributed by atoms with Gasteiger partial charge in [-0.25, -0.2) is 0 Å². The van der Waals surface area contributed by atoms with E-state index >= 15 is 0 Å². The molecule has 2 aromatic carbocycles. The van der Waals surface area contributed by atoms with E-state index in [0.29, 0.717) is 30.0 Å². The Hall–Kier alpha value is -3.11. The van der Waals surface area contributed by atoms with Crippen LogP contribution in [0.1, 0.15) is 39.1 Å². The van der Waals surface area contributed by atoms with E-state index in [0.717, 1.165) is 24.3 Å². The van der Waals surface area contributed by atoms with Gasteiger partial charge in [0.2, 0.25) is 5.78 Å². The van der Waals surface area contributed by atoms with Crippen molar-refractivity contribution < 1.29 is 22.8 Å². The van der Waals surface area contributed by atoms with Crippen molar-refractivity contribution >= 4 is 23.3 Å². The number of allylic oxidation sites excluding steroid dienone is 2. The number of halogens is 4. The van der Waals surface area contributed by atoms with Crippen LogP contribution < -0.4 is 0 Å². The summed E-state index contributed by atoms with van der Waals surface area (Å²) in [5.41, 5.74) is -0.552. The van der Waals surface area contributed by atoms with E-state index in [2.05, 4.69) is 0 Å². The molecule has 148 valence electrons. The smallest absolute Gasteiger partial charge is 0.311 e. The molecule has 4 nitrogen and oxygen atoms in total. The molecule has 0 unspecified atom stereocenters. The lowest BCUT2D eigenvalue weighted by Gasteiger charge is -2.19. The number of hydrogen-bond donors (Lipinski definition) is 0. The maximum absolute atomic E-state index is 12.8. The summed E-state index contributed by atoms with van der Waals surface area (Å²) in [6.45, 7) is 0.336. The van der Waals surface area contributed by atoms with Gasteiger partial charge in [-0.1, -0.05) is 23.7 Å². The van der Waals surface area contributed by atoms with Crippen molar-refractivity contribution in [3.05, 3.63) is 81.5 Å². The monoisotopic (exact) mass is 418 g/mol. The molecule has 0 bridgehead atoms. The van der Waals surface area contributed by atoms with Crippen LogP contribution in [-0.4, -0.2) is 23.1 Å². The van der Waals surface area contributed by atoms with Gasteiger partial charge in [0.25, 0.3) is 5.91 Å². The summed E-state index contributed by atoms with van der Waals surface area (Å²) in [7, 11) is 0. The highest BCUT2D eigenvalue weighted by Crippen LogP contribution is 2.31. The molecular weight excluding hydrogens is 405 g/mol. The maximum Gasteiger partial charge on any atom is 0.416 e. The third kappa shape index (κ3) is 4.33. The zero-order valence-electron chi connectivity index (χ0n) is 15.0. The average Bonchev–Trinajstić information content (AvgIpc) is 3.17. The van der Waals surface area contributed by atoms with Crippen molar-refractivity contribution in [3.8, 4) is 6.07 Å². The Morgan fingerprint density at radius 3 is 2.14 bits per heavy atom. The highest BCUT2D eigenvalue weighted by Gasteiger charge is 2.32. The molecule has 0 saturated carbocycles. The number of carbonyl (C=O) groups excluding carboxylic acids is 2. The van der Waals surface area contributed by atoms with Crippen LogP contribution in [0.2, 0.25) is 5.02 Å². The van der Waals surface area contributed by atoms with E-state index < -0.39 is 17.5 Å². The lowest BCUT2D eigenvalue weighted by atomic mass is 10.00. The maximum atomic E-state index is 12.8. The topological polar surface area (TPSA) is 61.2 Å². The second kappa shape index (κ2) is 8.10. The van der Waals surface area contributed by atoms with Crippen LogP contribution in [0.15, 0.2) is 59.8 Å². The van der Waals surface area contributed by atoms with Gasteiger partial charge in [0.15, 0.2) is 0 Å². The standard InChI is InChI=1S/C21H14ClF3N2O2/c22-16-9-5-14(6-10-16)20(29)27-11-1-2-18(27)17(12-26)19(28)13-3-7-15(8-4-13)21(23,24)25/h3-10H,1-2,11H2/b18-17-. The van der Waals surface area contributed by atoms with Crippen LogP contribution in [0.5, 0.6) is 0 Å². The third-order valence-electron chi connectivity index (χ3n) is 4.56. The third-order valence-corrected chi connectivity index (χ3v) is 4.81. The molecular formula is C21H14ClF3N2O2. The SMILES string of the molecule is N#C/C(C(=O)c1ccc(C(F)(F)F)cc1)=C1\CCCN1C(=O)c1ccc(Cl)cc1. The van der Waals surface area contributed by atoms with Gasteiger partial charge in [0.05, 0.1) is 5.56 Å². The molecule has 1 amide bonds. The Morgan fingerprint density at radius 2 is 1.59 bits per heavy atom. The largest absolute Gasteiger partial charge is 0.416 e. The number of alkyl halides is 3. The Morgan fingerprint density at radius 1 is 1.00 bits per heavy atom. The Balaban J connectivity index is 1.93. The van der Waals surface area contributed by atoms with Crippen LogP contribution in [0.4, 0.5) is 13.2 Å². The number of ketones is 1. The summed E-state index contributed by atoms with van der Waals surface area (Å²) in [5, 5.41) is 10.0. The minimum absolute atomic E-state index is 0.0483. The first-order valence-corrected chi connectivity index (χ1v) is 9.03. The molecule has 0 atom stereocenters. The van der Waals surface area contributed by atoms with Gasteiger partial charge in [-0.2, -0.15) is 18.4 Å². The van der Waals surface area contributed by atoms with E-state index in [1.807, 2.05) is 6.07 Å². The summed E-state index contributed by atoms with van der Waals surface area (Å²) in [4.78, 5) is 26.9. The van der Waals surface area contributed by atoms with Crippen molar-refractivity contribution in [3.63, 3.8) is 0 Å².